The Morgan fingerprint density at radius 2 is 2.37 bits per heavy atom. The summed E-state index contributed by atoms with van der Waals surface area (Å²) in [6.07, 6.45) is 1.09. The first-order valence-electron chi connectivity index (χ1n) is 6.65. The molecule has 0 bridgehead atoms. The maximum absolute atomic E-state index is 6.01. The minimum atomic E-state index is 0.228. The zero-order valence-corrected chi connectivity index (χ0v) is 12.7. The van der Waals surface area contributed by atoms with Gasteiger partial charge in [0.05, 0.1) is 23.4 Å². The van der Waals surface area contributed by atoms with Crippen LogP contribution in [-0.2, 0) is 11.2 Å². The van der Waals surface area contributed by atoms with E-state index in [-0.39, 0.29) is 6.10 Å². The van der Waals surface area contributed by atoms with Gasteiger partial charge in [-0.25, -0.2) is 4.98 Å². The van der Waals surface area contributed by atoms with Crippen LogP contribution in [0, 0.1) is 13.8 Å². The number of aliphatic imine (C=N–C) groups is 1. The van der Waals surface area contributed by atoms with Crippen LogP contribution in [0.5, 0.6) is 0 Å². The lowest BCUT2D eigenvalue weighted by molar-refractivity contribution is 0.00530. The fraction of sp³-hybridized carbons (Fsp3) is 0.692. The van der Waals surface area contributed by atoms with Crippen molar-refractivity contribution < 1.29 is 4.74 Å². The van der Waals surface area contributed by atoms with Gasteiger partial charge >= 0.3 is 0 Å². The second-order valence-corrected chi connectivity index (χ2v) is 6.15. The number of guanidine groups is 1. The summed E-state index contributed by atoms with van der Waals surface area (Å²) < 4.78 is 5.49. The van der Waals surface area contributed by atoms with E-state index in [9.17, 15) is 0 Å². The van der Waals surface area contributed by atoms with Gasteiger partial charge in [-0.05, 0) is 20.8 Å². The summed E-state index contributed by atoms with van der Waals surface area (Å²) in [5.74, 6) is 0.625. The molecule has 0 amide bonds. The summed E-state index contributed by atoms with van der Waals surface area (Å²) in [5.41, 5.74) is 7.14. The fourth-order valence-electron chi connectivity index (χ4n) is 2.04. The van der Waals surface area contributed by atoms with Crippen LogP contribution in [0.4, 0.5) is 0 Å². The first kappa shape index (κ1) is 14.3. The molecule has 1 fully saturated rings. The number of rotatable bonds is 3. The normalized spacial score (nSPS) is 20.9. The molecule has 0 aromatic carbocycles. The highest BCUT2D eigenvalue weighted by molar-refractivity contribution is 7.11. The van der Waals surface area contributed by atoms with E-state index in [0.29, 0.717) is 12.5 Å². The number of nitrogens with zero attached hydrogens (tertiary/aromatic N) is 3. The smallest absolute Gasteiger partial charge is 0.191 e. The third kappa shape index (κ3) is 3.91. The zero-order valence-electron chi connectivity index (χ0n) is 11.8. The standard InChI is InChI=1S/C13H22N4OS/c1-9-8-17(6-7-18-9)13(14)15-5-4-12-16-10(2)11(3)19-12/h9H,4-8H2,1-3H3,(H2,14,15). The van der Waals surface area contributed by atoms with E-state index >= 15 is 0 Å². The minimum absolute atomic E-state index is 0.228. The van der Waals surface area contributed by atoms with Crippen molar-refractivity contribution in [1.29, 1.82) is 0 Å². The molecule has 2 N–H and O–H groups in total. The van der Waals surface area contributed by atoms with E-state index in [1.807, 2.05) is 6.92 Å². The van der Waals surface area contributed by atoms with Gasteiger partial charge in [0.25, 0.3) is 0 Å². The highest BCUT2D eigenvalue weighted by atomic mass is 32.1. The molecule has 1 aromatic heterocycles. The Balaban J connectivity index is 1.84. The van der Waals surface area contributed by atoms with Crippen molar-refractivity contribution in [2.24, 2.45) is 10.7 Å². The molecular weight excluding hydrogens is 260 g/mol. The predicted octanol–water partition coefficient (Wildman–Crippen LogP) is 1.34. The monoisotopic (exact) mass is 282 g/mol. The minimum Gasteiger partial charge on any atom is -0.375 e. The molecule has 2 heterocycles. The number of aromatic nitrogens is 1. The molecule has 1 aliphatic rings. The second kappa shape index (κ2) is 6.34. The van der Waals surface area contributed by atoms with E-state index in [1.54, 1.807) is 11.3 Å². The molecule has 1 aliphatic heterocycles. The summed E-state index contributed by atoms with van der Waals surface area (Å²) in [5, 5.41) is 1.14. The maximum atomic E-state index is 6.01. The molecule has 6 heteroatoms. The predicted molar refractivity (Wildman–Crippen MR) is 78.8 cm³/mol. The van der Waals surface area contributed by atoms with Crippen LogP contribution >= 0.6 is 11.3 Å². The van der Waals surface area contributed by atoms with E-state index in [2.05, 4.69) is 28.7 Å². The molecule has 1 saturated heterocycles. The van der Waals surface area contributed by atoms with Crippen LogP contribution in [0.25, 0.3) is 0 Å². The third-order valence-corrected chi connectivity index (χ3v) is 4.37. The molecule has 2 rings (SSSR count). The van der Waals surface area contributed by atoms with Gasteiger partial charge in [-0.3, -0.25) is 4.99 Å². The SMILES string of the molecule is Cc1nc(CCN=C(N)N2CCOC(C)C2)sc1C. The van der Waals surface area contributed by atoms with Crippen molar-refractivity contribution in [1.82, 2.24) is 9.88 Å². The lowest BCUT2D eigenvalue weighted by Crippen LogP contribution is -2.47. The van der Waals surface area contributed by atoms with Crippen molar-refractivity contribution >= 4 is 17.3 Å². The average Bonchev–Trinajstić information content (AvgIpc) is 2.68. The lowest BCUT2D eigenvalue weighted by Gasteiger charge is -2.31. The third-order valence-electron chi connectivity index (χ3n) is 3.24. The van der Waals surface area contributed by atoms with Crippen LogP contribution < -0.4 is 5.73 Å². The summed E-state index contributed by atoms with van der Waals surface area (Å²) in [7, 11) is 0. The number of hydrogen-bond acceptors (Lipinski definition) is 4. The zero-order chi connectivity index (χ0) is 13.8. The first-order chi connectivity index (χ1) is 9.06. The van der Waals surface area contributed by atoms with Crippen LogP contribution in [0.15, 0.2) is 4.99 Å². The molecule has 0 radical (unpaired) electrons. The Morgan fingerprint density at radius 1 is 1.58 bits per heavy atom. The van der Waals surface area contributed by atoms with Gasteiger partial charge in [0, 0.05) is 30.9 Å². The molecule has 0 saturated carbocycles. The van der Waals surface area contributed by atoms with E-state index in [0.717, 1.165) is 36.8 Å². The maximum Gasteiger partial charge on any atom is 0.191 e. The lowest BCUT2D eigenvalue weighted by atomic mass is 10.3. The first-order valence-corrected chi connectivity index (χ1v) is 7.47. The van der Waals surface area contributed by atoms with Crippen molar-refractivity contribution in [2.75, 3.05) is 26.2 Å². The summed E-state index contributed by atoms with van der Waals surface area (Å²) >= 11 is 1.75. The Kier molecular flexibility index (Phi) is 4.76. The summed E-state index contributed by atoms with van der Waals surface area (Å²) in [6.45, 7) is 9.28. The van der Waals surface area contributed by atoms with Gasteiger partial charge < -0.3 is 15.4 Å². The average molecular weight is 282 g/mol. The second-order valence-electron chi connectivity index (χ2n) is 4.87. The van der Waals surface area contributed by atoms with Crippen LogP contribution in [0.2, 0.25) is 0 Å². The van der Waals surface area contributed by atoms with E-state index in [4.69, 9.17) is 10.5 Å². The Bertz CT molecular complexity index is 438. The number of ether oxygens (including phenoxy) is 1. The van der Waals surface area contributed by atoms with Crippen molar-refractivity contribution in [3.8, 4) is 0 Å². The topological polar surface area (TPSA) is 63.7 Å². The van der Waals surface area contributed by atoms with E-state index in [1.165, 1.54) is 4.88 Å². The molecule has 1 atom stereocenters. The van der Waals surface area contributed by atoms with Crippen molar-refractivity contribution in [3.63, 3.8) is 0 Å². The quantitative estimate of drug-likeness (QED) is 0.671. The highest BCUT2D eigenvalue weighted by Crippen LogP contribution is 2.16. The van der Waals surface area contributed by atoms with E-state index < -0.39 is 0 Å². The number of thiazole rings is 1. The molecule has 5 nitrogen and oxygen atoms in total. The fourth-order valence-corrected chi connectivity index (χ4v) is 2.96. The van der Waals surface area contributed by atoms with Crippen LogP contribution in [0.1, 0.15) is 22.5 Å². The van der Waals surface area contributed by atoms with Crippen molar-refractivity contribution in [3.05, 3.63) is 15.6 Å². The van der Waals surface area contributed by atoms with Gasteiger partial charge in [-0.1, -0.05) is 0 Å². The number of aryl methyl sites for hydroxylation is 2. The molecular formula is C13H22N4OS. The molecule has 1 unspecified atom stereocenters. The Morgan fingerprint density at radius 3 is 3.00 bits per heavy atom. The molecule has 106 valence electrons. The number of nitrogens with two attached hydrogens (primary N) is 1. The number of hydrogen-bond donors (Lipinski definition) is 1. The molecule has 19 heavy (non-hydrogen) atoms. The summed E-state index contributed by atoms with van der Waals surface area (Å²) in [4.78, 5) is 12.3. The molecule has 0 aliphatic carbocycles. The highest BCUT2D eigenvalue weighted by Gasteiger charge is 2.17. The van der Waals surface area contributed by atoms with Gasteiger partial charge in [0.1, 0.15) is 0 Å². The van der Waals surface area contributed by atoms with Gasteiger partial charge in [0.2, 0.25) is 0 Å². The van der Waals surface area contributed by atoms with Crippen LogP contribution in [-0.4, -0.2) is 48.2 Å². The van der Waals surface area contributed by atoms with Crippen molar-refractivity contribution in [2.45, 2.75) is 33.3 Å². The summed E-state index contributed by atoms with van der Waals surface area (Å²) in [6, 6.07) is 0. The largest absolute Gasteiger partial charge is 0.375 e. The molecule has 0 spiro atoms. The molecule has 1 aromatic rings. The van der Waals surface area contributed by atoms with Gasteiger partial charge in [-0.15, -0.1) is 11.3 Å². The van der Waals surface area contributed by atoms with Gasteiger partial charge in [0.15, 0.2) is 5.96 Å². The Hall–Kier alpha value is -1.14. The number of morpholine rings is 1. The van der Waals surface area contributed by atoms with Crippen LogP contribution in [0.3, 0.4) is 0 Å². The Labute approximate surface area is 118 Å². The van der Waals surface area contributed by atoms with Gasteiger partial charge in [-0.2, -0.15) is 0 Å².